The van der Waals surface area contributed by atoms with Crippen LogP contribution in [0.25, 0.3) is 10.2 Å². The summed E-state index contributed by atoms with van der Waals surface area (Å²) in [4.78, 5) is 4.61. The SMILES string of the molecule is Cc1ccc2nc(NCC(C)C3CC3)sc2c1. The van der Waals surface area contributed by atoms with Gasteiger partial charge in [-0.25, -0.2) is 4.98 Å². The van der Waals surface area contributed by atoms with Crippen LogP contribution in [0.5, 0.6) is 0 Å². The average Bonchev–Trinajstić information content (AvgIpc) is 3.07. The average molecular weight is 246 g/mol. The summed E-state index contributed by atoms with van der Waals surface area (Å²) >= 11 is 1.76. The zero-order chi connectivity index (χ0) is 11.8. The van der Waals surface area contributed by atoms with Crippen molar-refractivity contribution in [1.29, 1.82) is 0 Å². The second-order valence-corrected chi connectivity index (χ2v) is 6.22. The third kappa shape index (κ3) is 2.44. The van der Waals surface area contributed by atoms with Crippen LogP contribution >= 0.6 is 11.3 Å². The maximum absolute atomic E-state index is 4.61. The Hall–Kier alpha value is -1.09. The van der Waals surface area contributed by atoms with Crippen molar-refractivity contribution in [3.63, 3.8) is 0 Å². The van der Waals surface area contributed by atoms with Crippen molar-refractivity contribution >= 4 is 26.7 Å². The van der Waals surface area contributed by atoms with Crippen LogP contribution in [-0.2, 0) is 0 Å². The van der Waals surface area contributed by atoms with Gasteiger partial charge in [-0.15, -0.1) is 0 Å². The van der Waals surface area contributed by atoms with Crippen molar-refractivity contribution < 1.29 is 0 Å². The number of nitrogens with one attached hydrogen (secondary N) is 1. The molecule has 1 unspecified atom stereocenters. The lowest BCUT2D eigenvalue weighted by Crippen LogP contribution is -2.12. The molecule has 0 amide bonds. The molecule has 1 heterocycles. The first kappa shape index (κ1) is 11.0. The number of benzene rings is 1. The highest BCUT2D eigenvalue weighted by molar-refractivity contribution is 7.22. The molecule has 1 fully saturated rings. The maximum atomic E-state index is 4.61. The minimum Gasteiger partial charge on any atom is -0.361 e. The van der Waals surface area contributed by atoms with Crippen molar-refractivity contribution in [1.82, 2.24) is 4.98 Å². The summed E-state index contributed by atoms with van der Waals surface area (Å²) in [5.41, 5.74) is 2.42. The molecule has 1 aromatic carbocycles. The zero-order valence-corrected chi connectivity index (χ0v) is 11.2. The van der Waals surface area contributed by atoms with Crippen molar-refractivity contribution in [2.45, 2.75) is 26.7 Å². The normalized spacial score (nSPS) is 17.3. The van der Waals surface area contributed by atoms with Crippen molar-refractivity contribution in [2.75, 3.05) is 11.9 Å². The first-order valence-corrected chi connectivity index (χ1v) is 7.15. The summed E-state index contributed by atoms with van der Waals surface area (Å²) < 4.78 is 1.28. The van der Waals surface area contributed by atoms with E-state index >= 15 is 0 Å². The minimum absolute atomic E-state index is 0.781. The van der Waals surface area contributed by atoms with Crippen LogP contribution in [-0.4, -0.2) is 11.5 Å². The molecule has 1 atom stereocenters. The number of anilines is 1. The first-order valence-electron chi connectivity index (χ1n) is 6.33. The van der Waals surface area contributed by atoms with E-state index in [2.05, 4.69) is 42.3 Å². The van der Waals surface area contributed by atoms with Crippen LogP contribution in [0.4, 0.5) is 5.13 Å². The van der Waals surface area contributed by atoms with E-state index in [-0.39, 0.29) is 0 Å². The molecule has 0 bridgehead atoms. The van der Waals surface area contributed by atoms with Crippen molar-refractivity contribution in [2.24, 2.45) is 11.8 Å². The Morgan fingerprint density at radius 3 is 3.06 bits per heavy atom. The van der Waals surface area contributed by atoms with Gasteiger partial charge in [0.15, 0.2) is 5.13 Å². The van der Waals surface area contributed by atoms with Gasteiger partial charge in [0.2, 0.25) is 0 Å². The molecule has 1 N–H and O–H groups in total. The van der Waals surface area contributed by atoms with Gasteiger partial charge in [-0.2, -0.15) is 0 Å². The van der Waals surface area contributed by atoms with E-state index in [4.69, 9.17) is 0 Å². The number of hydrogen-bond acceptors (Lipinski definition) is 3. The van der Waals surface area contributed by atoms with Crippen molar-refractivity contribution in [3.8, 4) is 0 Å². The molecule has 0 spiro atoms. The quantitative estimate of drug-likeness (QED) is 0.880. The predicted molar refractivity (Wildman–Crippen MR) is 74.7 cm³/mol. The Kier molecular flexibility index (Phi) is 2.79. The van der Waals surface area contributed by atoms with Gasteiger partial charge in [0, 0.05) is 6.54 Å². The third-order valence-corrected chi connectivity index (χ3v) is 4.52. The Balaban J connectivity index is 1.72. The number of aromatic nitrogens is 1. The lowest BCUT2D eigenvalue weighted by atomic mass is 10.1. The molecule has 3 heteroatoms. The summed E-state index contributed by atoms with van der Waals surface area (Å²) in [6.45, 7) is 5.52. The molecule has 17 heavy (non-hydrogen) atoms. The third-order valence-electron chi connectivity index (χ3n) is 3.55. The smallest absolute Gasteiger partial charge is 0.183 e. The second kappa shape index (κ2) is 4.30. The van der Waals surface area contributed by atoms with Gasteiger partial charge >= 0.3 is 0 Å². The lowest BCUT2D eigenvalue weighted by Gasteiger charge is -2.09. The fourth-order valence-electron chi connectivity index (χ4n) is 2.19. The molecule has 3 rings (SSSR count). The van der Waals surface area contributed by atoms with Crippen LogP contribution in [0.1, 0.15) is 25.3 Å². The highest BCUT2D eigenvalue weighted by Crippen LogP contribution is 2.36. The summed E-state index contributed by atoms with van der Waals surface area (Å²) in [7, 11) is 0. The van der Waals surface area contributed by atoms with E-state index in [1.807, 2.05) is 0 Å². The fourth-order valence-corrected chi connectivity index (χ4v) is 3.16. The van der Waals surface area contributed by atoms with Gasteiger partial charge in [0.1, 0.15) is 0 Å². The van der Waals surface area contributed by atoms with Crippen LogP contribution in [0, 0.1) is 18.8 Å². The second-order valence-electron chi connectivity index (χ2n) is 5.19. The number of hydrogen-bond donors (Lipinski definition) is 1. The molecule has 1 aliphatic rings. The van der Waals surface area contributed by atoms with Crippen LogP contribution in [0.3, 0.4) is 0 Å². The van der Waals surface area contributed by atoms with Gasteiger partial charge in [0.25, 0.3) is 0 Å². The van der Waals surface area contributed by atoms with E-state index < -0.39 is 0 Å². The molecule has 1 aromatic heterocycles. The topological polar surface area (TPSA) is 24.9 Å². The highest BCUT2D eigenvalue weighted by atomic mass is 32.1. The molecule has 1 saturated carbocycles. The number of nitrogens with zero attached hydrogens (tertiary/aromatic N) is 1. The van der Waals surface area contributed by atoms with E-state index in [1.54, 1.807) is 11.3 Å². The van der Waals surface area contributed by atoms with E-state index in [1.165, 1.54) is 23.1 Å². The Bertz CT molecular complexity index is 528. The molecule has 0 aliphatic heterocycles. The van der Waals surface area contributed by atoms with Crippen LogP contribution in [0.2, 0.25) is 0 Å². The summed E-state index contributed by atoms with van der Waals surface area (Å²) in [5, 5.41) is 4.55. The van der Waals surface area contributed by atoms with E-state index in [0.29, 0.717) is 0 Å². The van der Waals surface area contributed by atoms with Gasteiger partial charge in [-0.1, -0.05) is 24.3 Å². The standard InChI is InChI=1S/C14H18N2S/c1-9-3-6-12-13(7-9)17-14(16-12)15-8-10(2)11-4-5-11/h3,6-7,10-11H,4-5,8H2,1-2H3,(H,15,16). The molecule has 90 valence electrons. The van der Waals surface area contributed by atoms with E-state index in [0.717, 1.165) is 29.0 Å². The summed E-state index contributed by atoms with van der Waals surface area (Å²) in [5.74, 6) is 1.74. The Morgan fingerprint density at radius 2 is 2.29 bits per heavy atom. The number of aryl methyl sites for hydroxylation is 1. The van der Waals surface area contributed by atoms with Gasteiger partial charge < -0.3 is 5.32 Å². The molecule has 1 aliphatic carbocycles. The first-order chi connectivity index (χ1) is 8.22. The predicted octanol–water partition coefficient (Wildman–Crippen LogP) is 4.06. The Labute approximate surface area is 106 Å². The maximum Gasteiger partial charge on any atom is 0.183 e. The molecular formula is C14H18N2S. The van der Waals surface area contributed by atoms with E-state index in [9.17, 15) is 0 Å². The molecule has 0 radical (unpaired) electrons. The monoisotopic (exact) mass is 246 g/mol. The number of thiazole rings is 1. The minimum atomic E-state index is 0.781. The fraction of sp³-hybridized carbons (Fsp3) is 0.500. The highest BCUT2D eigenvalue weighted by Gasteiger charge is 2.27. The van der Waals surface area contributed by atoms with Crippen molar-refractivity contribution in [3.05, 3.63) is 23.8 Å². The molecular weight excluding hydrogens is 228 g/mol. The Morgan fingerprint density at radius 1 is 1.47 bits per heavy atom. The zero-order valence-electron chi connectivity index (χ0n) is 10.4. The van der Waals surface area contributed by atoms with Crippen LogP contribution < -0.4 is 5.32 Å². The number of fused-ring (bicyclic) bond motifs is 1. The molecule has 2 nitrogen and oxygen atoms in total. The summed E-state index contributed by atoms with van der Waals surface area (Å²) in [6, 6.07) is 6.44. The van der Waals surface area contributed by atoms with Gasteiger partial charge in [-0.05, 0) is 49.3 Å². The molecule has 2 aromatic rings. The summed E-state index contributed by atoms with van der Waals surface area (Å²) in [6.07, 6.45) is 2.84. The number of rotatable bonds is 4. The molecule has 0 saturated heterocycles. The largest absolute Gasteiger partial charge is 0.361 e. The van der Waals surface area contributed by atoms with Crippen LogP contribution in [0.15, 0.2) is 18.2 Å². The van der Waals surface area contributed by atoms with Gasteiger partial charge in [-0.3, -0.25) is 0 Å². The van der Waals surface area contributed by atoms with Gasteiger partial charge in [0.05, 0.1) is 10.2 Å². The lowest BCUT2D eigenvalue weighted by molar-refractivity contribution is 0.536.